The summed E-state index contributed by atoms with van der Waals surface area (Å²) in [6.45, 7) is 1.60. The molecule has 1 heterocycles. The highest BCUT2D eigenvalue weighted by Crippen LogP contribution is 2.31. The Kier molecular flexibility index (Phi) is 3.21. The molecule has 0 spiro atoms. The number of primary sulfonamides is 1. The van der Waals surface area contributed by atoms with Crippen LogP contribution in [0.4, 0.5) is 5.69 Å². The van der Waals surface area contributed by atoms with E-state index in [1.54, 1.807) is 24.9 Å². The second-order valence-corrected chi connectivity index (χ2v) is 5.67. The van der Waals surface area contributed by atoms with Gasteiger partial charge in [-0.1, -0.05) is 0 Å². The van der Waals surface area contributed by atoms with Crippen LogP contribution in [0.1, 0.15) is 5.56 Å². The number of nitrogen functional groups attached to an aromatic ring is 1. The van der Waals surface area contributed by atoms with E-state index in [-0.39, 0.29) is 10.6 Å². The summed E-state index contributed by atoms with van der Waals surface area (Å²) >= 11 is 0. The topological polar surface area (TPSA) is 113 Å². The Labute approximate surface area is 110 Å². The molecule has 0 saturated carbocycles. The molecule has 4 N–H and O–H groups in total. The van der Waals surface area contributed by atoms with Crippen LogP contribution in [0.2, 0.25) is 0 Å². The molecule has 0 aliphatic heterocycles. The van der Waals surface area contributed by atoms with Crippen LogP contribution < -0.4 is 15.6 Å². The van der Waals surface area contributed by atoms with Gasteiger partial charge in [0.25, 0.3) is 0 Å². The first kappa shape index (κ1) is 13.4. The zero-order chi connectivity index (χ0) is 14.2. The fourth-order valence-electron chi connectivity index (χ4n) is 1.66. The van der Waals surface area contributed by atoms with Crippen molar-refractivity contribution >= 4 is 15.7 Å². The molecule has 0 saturated heterocycles. The molecule has 19 heavy (non-hydrogen) atoms. The average Bonchev–Trinajstić information content (AvgIpc) is 2.67. The minimum atomic E-state index is -3.85. The van der Waals surface area contributed by atoms with Gasteiger partial charge in [-0.2, -0.15) is 5.10 Å². The van der Waals surface area contributed by atoms with E-state index in [0.717, 1.165) is 0 Å². The van der Waals surface area contributed by atoms with Crippen molar-refractivity contribution in [1.82, 2.24) is 9.78 Å². The number of rotatable bonds is 3. The highest BCUT2D eigenvalue weighted by Gasteiger charge is 2.17. The van der Waals surface area contributed by atoms with E-state index in [9.17, 15) is 8.42 Å². The first-order valence-electron chi connectivity index (χ1n) is 5.37. The molecule has 7 nitrogen and oxygen atoms in total. The van der Waals surface area contributed by atoms with Crippen molar-refractivity contribution < 1.29 is 13.2 Å². The SMILES string of the molecule is Cc1c(Oc2cnn(C)c2)cc(N)cc1S(N)(=O)=O. The Balaban J connectivity index is 2.49. The normalized spacial score (nSPS) is 11.5. The fourth-order valence-corrected chi connectivity index (χ4v) is 2.49. The van der Waals surface area contributed by atoms with E-state index in [0.29, 0.717) is 17.1 Å². The molecule has 0 unspecified atom stereocenters. The lowest BCUT2D eigenvalue weighted by Gasteiger charge is -2.11. The van der Waals surface area contributed by atoms with Gasteiger partial charge in [-0.05, 0) is 13.0 Å². The molecule has 2 aromatic rings. The molecule has 1 aromatic heterocycles. The van der Waals surface area contributed by atoms with Gasteiger partial charge in [0.05, 0.1) is 17.3 Å². The van der Waals surface area contributed by atoms with Crippen LogP contribution in [0.25, 0.3) is 0 Å². The van der Waals surface area contributed by atoms with Crippen molar-refractivity contribution in [3.8, 4) is 11.5 Å². The Hall–Kier alpha value is -2.06. The maximum Gasteiger partial charge on any atom is 0.238 e. The van der Waals surface area contributed by atoms with E-state index in [1.165, 1.54) is 18.3 Å². The van der Waals surface area contributed by atoms with Crippen molar-refractivity contribution in [3.05, 3.63) is 30.1 Å². The van der Waals surface area contributed by atoms with Crippen LogP contribution in [-0.2, 0) is 17.1 Å². The minimum Gasteiger partial charge on any atom is -0.454 e. The van der Waals surface area contributed by atoms with Crippen molar-refractivity contribution in [2.75, 3.05) is 5.73 Å². The highest BCUT2D eigenvalue weighted by atomic mass is 32.2. The van der Waals surface area contributed by atoms with Gasteiger partial charge in [0.15, 0.2) is 5.75 Å². The lowest BCUT2D eigenvalue weighted by molar-refractivity contribution is 0.476. The molecule has 8 heteroatoms. The van der Waals surface area contributed by atoms with Crippen LogP contribution in [-0.4, -0.2) is 18.2 Å². The van der Waals surface area contributed by atoms with Gasteiger partial charge in [-0.15, -0.1) is 0 Å². The lowest BCUT2D eigenvalue weighted by Crippen LogP contribution is -2.14. The molecule has 0 bridgehead atoms. The van der Waals surface area contributed by atoms with Crippen LogP contribution in [0.3, 0.4) is 0 Å². The number of hydrogen-bond donors (Lipinski definition) is 2. The third kappa shape index (κ3) is 2.85. The summed E-state index contributed by atoms with van der Waals surface area (Å²) in [5.41, 5.74) is 6.32. The smallest absolute Gasteiger partial charge is 0.238 e. The second-order valence-electron chi connectivity index (χ2n) is 4.14. The van der Waals surface area contributed by atoms with Crippen molar-refractivity contribution in [1.29, 1.82) is 0 Å². The Morgan fingerprint density at radius 2 is 2.05 bits per heavy atom. The summed E-state index contributed by atoms with van der Waals surface area (Å²) in [6.07, 6.45) is 3.17. The number of anilines is 1. The van der Waals surface area contributed by atoms with Crippen LogP contribution in [0.5, 0.6) is 11.5 Å². The van der Waals surface area contributed by atoms with E-state index < -0.39 is 10.0 Å². The van der Waals surface area contributed by atoms with E-state index >= 15 is 0 Å². The number of nitrogens with zero attached hydrogens (tertiary/aromatic N) is 2. The maximum absolute atomic E-state index is 11.5. The quantitative estimate of drug-likeness (QED) is 0.806. The van der Waals surface area contributed by atoms with Crippen LogP contribution >= 0.6 is 0 Å². The van der Waals surface area contributed by atoms with Gasteiger partial charge in [-0.3, -0.25) is 4.68 Å². The first-order chi connectivity index (χ1) is 8.77. The number of hydrogen-bond acceptors (Lipinski definition) is 5. The molecule has 0 radical (unpaired) electrons. The van der Waals surface area contributed by atoms with Gasteiger partial charge < -0.3 is 10.5 Å². The lowest BCUT2D eigenvalue weighted by atomic mass is 10.2. The number of nitrogens with two attached hydrogens (primary N) is 2. The van der Waals surface area contributed by atoms with Crippen molar-refractivity contribution in [2.45, 2.75) is 11.8 Å². The average molecular weight is 282 g/mol. The predicted molar refractivity (Wildman–Crippen MR) is 70.2 cm³/mol. The fraction of sp³-hybridized carbons (Fsp3) is 0.182. The molecule has 1 aromatic carbocycles. The Morgan fingerprint density at radius 3 is 2.58 bits per heavy atom. The molecule has 0 fully saturated rings. The van der Waals surface area contributed by atoms with Crippen molar-refractivity contribution in [2.24, 2.45) is 12.2 Å². The minimum absolute atomic E-state index is 0.0496. The summed E-state index contributed by atoms with van der Waals surface area (Å²) in [4.78, 5) is -0.0496. The summed E-state index contributed by atoms with van der Waals surface area (Å²) in [5.74, 6) is 0.814. The van der Waals surface area contributed by atoms with Gasteiger partial charge in [0.1, 0.15) is 5.75 Å². The van der Waals surface area contributed by atoms with E-state index in [4.69, 9.17) is 15.6 Å². The standard InChI is InChI=1S/C11H14N4O3S/c1-7-10(18-9-5-14-15(2)6-9)3-8(12)4-11(7)19(13,16)17/h3-6H,12H2,1-2H3,(H2,13,16,17). The molecule has 0 aliphatic rings. The van der Waals surface area contributed by atoms with E-state index in [2.05, 4.69) is 5.10 Å². The largest absolute Gasteiger partial charge is 0.454 e. The van der Waals surface area contributed by atoms with Crippen molar-refractivity contribution in [3.63, 3.8) is 0 Å². The number of sulfonamides is 1. The Bertz CT molecular complexity index is 722. The third-order valence-electron chi connectivity index (χ3n) is 2.55. The zero-order valence-corrected chi connectivity index (χ0v) is 11.3. The molecular weight excluding hydrogens is 268 g/mol. The molecule has 0 atom stereocenters. The molecule has 0 aliphatic carbocycles. The Morgan fingerprint density at radius 1 is 1.37 bits per heavy atom. The second kappa shape index (κ2) is 4.56. The summed E-state index contributed by atoms with van der Waals surface area (Å²) in [6, 6.07) is 2.85. The summed E-state index contributed by atoms with van der Waals surface area (Å²) in [7, 11) is -2.10. The predicted octanol–water partition coefficient (Wildman–Crippen LogP) is 0.750. The van der Waals surface area contributed by atoms with Gasteiger partial charge in [0.2, 0.25) is 10.0 Å². The zero-order valence-electron chi connectivity index (χ0n) is 10.5. The number of benzene rings is 1. The van der Waals surface area contributed by atoms with Gasteiger partial charge in [-0.25, -0.2) is 13.6 Å². The summed E-state index contributed by atoms with van der Waals surface area (Å²) in [5, 5.41) is 9.09. The van der Waals surface area contributed by atoms with Gasteiger partial charge >= 0.3 is 0 Å². The highest BCUT2D eigenvalue weighted by molar-refractivity contribution is 7.89. The maximum atomic E-state index is 11.5. The number of aryl methyl sites for hydroxylation is 1. The van der Waals surface area contributed by atoms with E-state index in [1.807, 2.05) is 0 Å². The first-order valence-corrected chi connectivity index (χ1v) is 6.91. The molecule has 102 valence electrons. The third-order valence-corrected chi connectivity index (χ3v) is 3.59. The van der Waals surface area contributed by atoms with Gasteiger partial charge in [0, 0.05) is 24.4 Å². The number of aromatic nitrogens is 2. The summed E-state index contributed by atoms with van der Waals surface area (Å²) < 4.78 is 30.1. The molecule has 0 amide bonds. The molecular formula is C11H14N4O3S. The monoisotopic (exact) mass is 282 g/mol. The van der Waals surface area contributed by atoms with Crippen LogP contribution in [0.15, 0.2) is 29.4 Å². The number of ether oxygens (including phenoxy) is 1. The van der Waals surface area contributed by atoms with Crippen LogP contribution in [0, 0.1) is 6.92 Å². The molecule has 2 rings (SSSR count).